The van der Waals surface area contributed by atoms with Gasteiger partial charge in [0.1, 0.15) is 12.2 Å². The van der Waals surface area contributed by atoms with Gasteiger partial charge in [-0.05, 0) is 19.3 Å². The number of hydrogen-bond acceptors (Lipinski definition) is 3. The topological polar surface area (TPSA) is 66.5 Å². The first-order chi connectivity index (χ1) is 7.85. The van der Waals surface area contributed by atoms with Crippen molar-refractivity contribution in [3.05, 3.63) is 0 Å². The first-order valence-electron chi connectivity index (χ1n) is 6.35. The molecule has 0 radical (unpaired) electrons. The van der Waals surface area contributed by atoms with Crippen molar-refractivity contribution in [3.63, 3.8) is 0 Å². The van der Waals surface area contributed by atoms with Crippen LogP contribution in [0.1, 0.15) is 45.4 Å². The van der Waals surface area contributed by atoms with Crippen molar-refractivity contribution in [1.82, 2.24) is 0 Å². The van der Waals surface area contributed by atoms with Gasteiger partial charge in [0, 0.05) is 6.04 Å². The third-order valence-corrected chi connectivity index (χ3v) is 3.69. The zero-order valence-electron chi connectivity index (χ0n) is 10.3. The van der Waals surface area contributed by atoms with Crippen molar-refractivity contribution >= 4 is 0 Å². The van der Waals surface area contributed by atoms with Crippen molar-refractivity contribution in [2.75, 3.05) is 0 Å². The van der Waals surface area contributed by atoms with Crippen molar-refractivity contribution in [1.29, 1.82) is 0 Å². The molecule has 0 spiro atoms. The molecule has 0 bridgehead atoms. The number of aliphatic hydroxyl groups is 2. The lowest BCUT2D eigenvalue weighted by Crippen LogP contribution is -2.53. The molecule has 0 saturated heterocycles. The summed E-state index contributed by atoms with van der Waals surface area (Å²) in [4.78, 5) is 0. The Kier molecular flexibility index (Phi) is 5.28. The molecule has 0 aromatic carbocycles. The SMILES string of the molecule is C[C@H](O)C(F)(F)[C@H](O)[C@@H](N)CC1CCCCC1. The highest BCUT2D eigenvalue weighted by molar-refractivity contribution is 4.90. The number of halogens is 2. The monoisotopic (exact) mass is 251 g/mol. The van der Waals surface area contributed by atoms with E-state index >= 15 is 0 Å². The minimum absolute atomic E-state index is 0.332. The van der Waals surface area contributed by atoms with Crippen molar-refractivity contribution in [2.24, 2.45) is 11.7 Å². The molecule has 3 nitrogen and oxygen atoms in total. The predicted octanol–water partition coefficient (Wildman–Crippen LogP) is 1.66. The van der Waals surface area contributed by atoms with Gasteiger partial charge >= 0.3 is 0 Å². The van der Waals surface area contributed by atoms with Crippen LogP contribution in [0.4, 0.5) is 8.78 Å². The van der Waals surface area contributed by atoms with Gasteiger partial charge in [0.2, 0.25) is 0 Å². The summed E-state index contributed by atoms with van der Waals surface area (Å²) >= 11 is 0. The molecule has 4 N–H and O–H groups in total. The normalized spacial score (nSPS) is 24.4. The molecule has 0 unspecified atom stereocenters. The van der Waals surface area contributed by atoms with E-state index in [9.17, 15) is 13.9 Å². The second kappa shape index (κ2) is 6.07. The number of hydrogen-bond donors (Lipinski definition) is 3. The van der Waals surface area contributed by atoms with Gasteiger partial charge in [-0.1, -0.05) is 32.1 Å². The number of alkyl halides is 2. The second-order valence-electron chi connectivity index (χ2n) is 5.20. The van der Waals surface area contributed by atoms with Gasteiger partial charge in [0.25, 0.3) is 5.92 Å². The van der Waals surface area contributed by atoms with Crippen LogP contribution in [-0.4, -0.2) is 34.4 Å². The van der Waals surface area contributed by atoms with Gasteiger partial charge in [0.05, 0.1) is 0 Å². The fourth-order valence-corrected chi connectivity index (χ4v) is 2.47. The summed E-state index contributed by atoms with van der Waals surface area (Å²) in [5.41, 5.74) is 5.63. The molecule has 3 atom stereocenters. The summed E-state index contributed by atoms with van der Waals surface area (Å²) < 4.78 is 26.7. The molecule has 0 aliphatic heterocycles. The Labute approximate surface area is 101 Å². The van der Waals surface area contributed by atoms with E-state index in [0.29, 0.717) is 12.3 Å². The average Bonchev–Trinajstić information content (AvgIpc) is 2.29. The Hall–Kier alpha value is -0.260. The fourth-order valence-electron chi connectivity index (χ4n) is 2.47. The standard InChI is InChI=1S/C12H23F2NO2/c1-8(16)12(13,14)11(17)10(15)7-9-5-3-2-4-6-9/h8-11,16-17H,2-7,15H2,1H3/t8-,10-,11+/m0/s1. The van der Waals surface area contributed by atoms with Crippen molar-refractivity contribution in [3.8, 4) is 0 Å². The van der Waals surface area contributed by atoms with E-state index < -0.39 is 24.2 Å². The molecule has 0 amide bonds. The molecule has 0 heterocycles. The van der Waals surface area contributed by atoms with Gasteiger partial charge in [0.15, 0.2) is 0 Å². The van der Waals surface area contributed by atoms with Crippen LogP contribution in [-0.2, 0) is 0 Å². The quantitative estimate of drug-likeness (QED) is 0.696. The highest BCUT2D eigenvalue weighted by Crippen LogP contribution is 2.31. The summed E-state index contributed by atoms with van der Waals surface area (Å²) in [5.74, 6) is -3.20. The van der Waals surface area contributed by atoms with E-state index in [2.05, 4.69) is 0 Å². The van der Waals surface area contributed by atoms with Crippen LogP contribution in [0.2, 0.25) is 0 Å². The van der Waals surface area contributed by atoms with Crippen LogP contribution in [0.25, 0.3) is 0 Å². The lowest BCUT2D eigenvalue weighted by atomic mass is 9.83. The second-order valence-corrected chi connectivity index (χ2v) is 5.20. The van der Waals surface area contributed by atoms with E-state index in [0.717, 1.165) is 32.6 Å². The van der Waals surface area contributed by atoms with Gasteiger partial charge in [-0.2, -0.15) is 0 Å². The summed E-state index contributed by atoms with van der Waals surface area (Å²) in [7, 11) is 0. The highest BCUT2D eigenvalue weighted by atomic mass is 19.3. The zero-order chi connectivity index (χ0) is 13.1. The lowest BCUT2D eigenvalue weighted by Gasteiger charge is -2.32. The smallest absolute Gasteiger partial charge is 0.299 e. The Bertz CT molecular complexity index is 231. The number of aliphatic hydroxyl groups excluding tert-OH is 2. The molecule has 1 aliphatic carbocycles. The van der Waals surface area contributed by atoms with E-state index in [4.69, 9.17) is 10.8 Å². The average molecular weight is 251 g/mol. The maximum Gasteiger partial charge on any atom is 0.299 e. The third kappa shape index (κ3) is 3.86. The van der Waals surface area contributed by atoms with Crippen LogP contribution in [0.15, 0.2) is 0 Å². The molecule has 5 heteroatoms. The number of rotatable bonds is 5. The minimum atomic E-state index is -3.53. The van der Waals surface area contributed by atoms with E-state index in [1.165, 1.54) is 6.42 Å². The Morgan fingerprint density at radius 1 is 1.24 bits per heavy atom. The number of nitrogens with two attached hydrogens (primary N) is 1. The minimum Gasteiger partial charge on any atom is -0.387 e. The van der Waals surface area contributed by atoms with E-state index in [1.54, 1.807) is 0 Å². The summed E-state index contributed by atoms with van der Waals surface area (Å²) in [6.07, 6.45) is 1.98. The highest BCUT2D eigenvalue weighted by Gasteiger charge is 2.46. The molecule has 0 aromatic heterocycles. The Morgan fingerprint density at radius 3 is 2.24 bits per heavy atom. The molecule has 17 heavy (non-hydrogen) atoms. The maximum atomic E-state index is 13.4. The molecule has 1 rings (SSSR count). The molecular weight excluding hydrogens is 228 g/mol. The zero-order valence-corrected chi connectivity index (χ0v) is 10.3. The summed E-state index contributed by atoms with van der Waals surface area (Å²) in [5, 5.41) is 18.5. The summed E-state index contributed by atoms with van der Waals surface area (Å²) in [6.45, 7) is 0.969. The van der Waals surface area contributed by atoms with Crippen molar-refractivity contribution < 1.29 is 19.0 Å². The first kappa shape index (κ1) is 14.8. The molecule has 0 aromatic rings. The molecule has 1 saturated carbocycles. The van der Waals surface area contributed by atoms with Gasteiger partial charge in [-0.25, -0.2) is 8.78 Å². The van der Waals surface area contributed by atoms with E-state index in [1.807, 2.05) is 0 Å². The van der Waals surface area contributed by atoms with Crippen LogP contribution >= 0.6 is 0 Å². The van der Waals surface area contributed by atoms with Gasteiger partial charge < -0.3 is 15.9 Å². The molecule has 1 aliphatic rings. The fraction of sp³-hybridized carbons (Fsp3) is 1.00. The van der Waals surface area contributed by atoms with Crippen LogP contribution < -0.4 is 5.73 Å². The molecule has 1 fully saturated rings. The molecular formula is C12H23F2NO2. The van der Waals surface area contributed by atoms with Crippen LogP contribution in [0, 0.1) is 5.92 Å². The van der Waals surface area contributed by atoms with Crippen LogP contribution in [0.5, 0.6) is 0 Å². The van der Waals surface area contributed by atoms with Gasteiger partial charge in [-0.15, -0.1) is 0 Å². The third-order valence-electron chi connectivity index (χ3n) is 3.69. The largest absolute Gasteiger partial charge is 0.387 e. The van der Waals surface area contributed by atoms with Crippen LogP contribution in [0.3, 0.4) is 0 Å². The maximum absolute atomic E-state index is 13.4. The Morgan fingerprint density at radius 2 is 1.76 bits per heavy atom. The Balaban J connectivity index is 2.48. The first-order valence-corrected chi connectivity index (χ1v) is 6.35. The van der Waals surface area contributed by atoms with E-state index in [-0.39, 0.29) is 0 Å². The van der Waals surface area contributed by atoms with Gasteiger partial charge in [-0.3, -0.25) is 0 Å². The summed E-state index contributed by atoms with van der Waals surface area (Å²) in [6, 6.07) is -0.970. The predicted molar refractivity (Wildman–Crippen MR) is 61.8 cm³/mol. The lowest BCUT2D eigenvalue weighted by molar-refractivity contribution is -0.178. The van der Waals surface area contributed by atoms with Crippen molar-refractivity contribution in [2.45, 2.75) is 69.6 Å². The molecule has 102 valence electrons.